The molecule has 1 saturated carbocycles. The monoisotopic (exact) mass is 509 g/mol. The van der Waals surface area contributed by atoms with Gasteiger partial charge in [0.2, 0.25) is 0 Å². The fourth-order valence-corrected chi connectivity index (χ4v) is 6.23. The molecule has 0 bridgehead atoms. The Balaban J connectivity index is 0.00000261. The van der Waals surface area contributed by atoms with Crippen molar-refractivity contribution in [2.75, 3.05) is 72.2 Å². The van der Waals surface area contributed by atoms with Crippen LogP contribution in [-0.2, 0) is 0 Å². The van der Waals surface area contributed by atoms with E-state index in [4.69, 9.17) is 0 Å². The minimum Gasteiger partial charge on any atom is -0.356 e. The molecule has 1 spiro atoms. The maximum atomic E-state index is 4.62. The normalized spacial score (nSPS) is 25.9. The number of hydrogen-bond acceptors (Lipinski definition) is 4. The molecule has 2 heterocycles. The van der Waals surface area contributed by atoms with E-state index in [9.17, 15) is 0 Å². The Bertz CT molecular complexity index is 456. The van der Waals surface area contributed by atoms with Gasteiger partial charge >= 0.3 is 0 Å². The minimum atomic E-state index is 0. The van der Waals surface area contributed by atoms with E-state index >= 15 is 0 Å². The smallest absolute Gasteiger partial charge is 0.193 e. The molecular weight excluding hydrogens is 469 g/mol. The van der Waals surface area contributed by atoms with E-state index in [0.717, 1.165) is 19.0 Å². The molecule has 3 aliphatic rings. The van der Waals surface area contributed by atoms with Crippen molar-refractivity contribution in [3.63, 3.8) is 0 Å². The van der Waals surface area contributed by atoms with Crippen LogP contribution in [0.5, 0.6) is 0 Å². The maximum Gasteiger partial charge on any atom is 0.193 e. The first-order chi connectivity index (χ1) is 12.6. The van der Waals surface area contributed by atoms with Gasteiger partial charge in [0.15, 0.2) is 5.96 Å². The summed E-state index contributed by atoms with van der Waals surface area (Å²) in [4.78, 5) is 12.2. The molecule has 3 rings (SSSR count). The summed E-state index contributed by atoms with van der Waals surface area (Å²) in [6.45, 7) is 11.7. The molecule has 2 saturated heterocycles. The van der Waals surface area contributed by atoms with Crippen molar-refractivity contribution in [3.8, 4) is 0 Å². The lowest BCUT2D eigenvalue weighted by Crippen LogP contribution is -2.54. The molecule has 7 heteroatoms. The number of rotatable bonds is 4. The predicted molar refractivity (Wildman–Crippen MR) is 130 cm³/mol. The van der Waals surface area contributed by atoms with Crippen LogP contribution in [0.4, 0.5) is 0 Å². The fraction of sp³-hybridized carbons (Fsp3) is 0.950. The SMILES string of the molecule is CN=C(NCC(C)CN1CCN(C)CC1)N1CCSC2(CCCCC2)C1.I. The van der Waals surface area contributed by atoms with E-state index in [1.165, 1.54) is 77.1 Å². The molecule has 0 aromatic heterocycles. The fourth-order valence-electron chi connectivity index (χ4n) is 4.66. The number of hydrogen-bond donors (Lipinski definition) is 1. The first-order valence-electron chi connectivity index (χ1n) is 10.6. The Morgan fingerprint density at radius 1 is 1.11 bits per heavy atom. The highest BCUT2D eigenvalue weighted by molar-refractivity contribution is 14.0. The number of nitrogens with zero attached hydrogens (tertiary/aromatic N) is 4. The van der Waals surface area contributed by atoms with Gasteiger partial charge in [-0.3, -0.25) is 4.99 Å². The Labute approximate surface area is 188 Å². The van der Waals surface area contributed by atoms with Crippen LogP contribution in [0.25, 0.3) is 0 Å². The number of nitrogens with one attached hydrogen (secondary N) is 1. The lowest BCUT2D eigenvalue weighted by atomic mass is 9.87. The lowest BCUT2D eigenvalue weighted by molar-refractivity contribution is 0.139. The number of piperazine rings is 1. The molecule has 27 heavy (non-hydrogen) atoms. The van der Waals surface area contributed by atoms with Crippen LogP contribution in [0.1, 0.15) is 39.0 Å². The van der Waals surface area contributed by atoms with E-state index in [1.807, 2.05) is 7.05 Å². The first kappa shape index (κ1) is 23.5. The molecule has 0 aromatic carbocycles. The van der Waals surface area contributed by atoms with Crippen LogP contribution < -0.4 is 5.32 Å². The second-order valence-electron chi connectivity index (χ2n) is 8.65. The third-order valence-corrected chi connectivity index (χ3v) is 7.84. The maximum absolute atomic E-state index is 4.62. The van der Waals surface area contributed by atoms with Crippen molar-refractivity contribution < 1.29 is 0 Å². The van der Waals surface area contributed by atoms with Crippen LogP contribution in [0.2, 0.25) is 0 Å². The van der Waals surface area contributed by atoms with Crippen LogP contribution >= 0.6 is 35.7 Å². The predicted octanol–water partition coefficient (Wildman–Crippen LogP) is 2.82. The van der Waals surface area contributed by atoms with E-state index in [1.54, 1.807) is 0 Å². The highest BCUT2D eigenvalue weighted by Crippen LogP contribution is 2.42. The zero-order valence-electron chi connectivity index (χ0n) is 17.6. The molecule has 3 fully saturated rings. The van der Waals surface area contributed by atoms with Gasteiger partial charge in [0.1, 0.15) is 0 Å². The zero-order valence-corrected chi connectivity index (χ0v) is 20.7. The number of guanidine groups is 1. The van der Waals surface area contributed by atoms with E-state index in [0.29, 0.717) is 10.7 Å². The molecule has 0 aromatic rings. The summed E-state index contributed by atoms with van der Waals surface area (Å²) in [7, 11) is 4.17. The van der Waals surface area contributed by atoms with Crippen molar-refractivity contribution in [2.24, 2.45) is 10.9 Å². The third kappa shape index (κ3) is 6.93. The van der Waals surface area contributed by atoms with E-state index in [-0.39, 0.29) is 24.0 Å². The van der Waals surface area contributed by atoms with E-state index in [2.05, 4.69) is 50.7 Å². The standard InChI is InChI=1S/C20H39N5S.HI/c1-18(16-24-11-9-23(3)10-12-24)15-22-19(21-2)25-13-14-26-20(17-25)7-5-4-6-8-20;/h18H,4-17H2,1-3H3,(H,21,22);1H. The van der Waals surface area contributed by atoms with Gasteiger partial charge in [-0.25, -0.2) is 0 Å². The molecule has 0 radical (unpaired) electrons. The van der Waals surface area contributed by atoms with Gasteiger partial charge in [-0.15, -0.1) is 24.0 Å². The summed E-state index contributed by atoms with van der Waals surface area (Å²) >= 11 is 2.23. The van der Waals surface area contributed by atoms with Crippen molar-refractivity contribution in [1.29, 1.82) is 0 Å². The van der Waals surface area contributed by atoms with Gasteiger partial charge in [0.25, 0.3) is 0 Å². The summed E-state index contributed by atoms with van der Waals surface area (Å²) in [6, 6.07) is 0. The van der Waals surface area contributed by atoms with Gasteiger partial charge in [0, 0.05) is 69.9 Å². The van der Waals surface area contributed by atoms with Crippen LogP contribution in [-0.4, -0.2) is 97.6 Å². The number of thioether (sulfide) groups is 1. The molecule has 2 aliphatic heterocycles. The zero-order chi connectivity index (χ0) is 18.4. The van der Waals surface area contributed by atoms with Crippen molar-refractivity contribution in [3.05, 3.63) is 0 Å². The number of likely N-dealkylation sites (N-methyl/N-ethyl adjacent to an activating group) is 1. The molecular formula is C20H40IN5S. The summed E-state index contributed by atoms with van der Waals surface area (Å²) < 4.78 is 0.500. The summed E-state index contributed by atoms with van der Waals surface area (Å²) in [5, 5.41) is 3.69. The summed E-state index contributed by atoms with van der Waals surface area (Å²) in [6.07, 6.45) is 7.04. The molecule has 1 atom stereocenters. The van der Waals surface area contributed by atoms with Crippen molar-refractivity contribution >= 4 is 41.7 Å². The van der Waals surface area contributed by atoms with Crippen LogP contribution in [0, 0.1) is 5.92 Å². The van der Waals surface area contributed by atoms with Crippen LogP contribution in [0.15, 0.2) is 4.99 Å². The molecule has 1 aliphatic carbocycles. The topological polar surface area (TPSA) is 34.1 Å². The van der Waals surface area contributed by atoms with Gasteiger partial charge < -0.3 is 20.0 Å². The third-order valence-electron chi connectivity index (χ3n) is 6.30. The summed E-state index contributed by atoms with van der Waals surface area (Å²) in [5.41, 5.74) is 0. The Kier molecular flexibility index (Phi) is 9.99. The first-order valence-corrected chi connectivity index (χ1v) is 11.6. The molecule has 1 N–H and O–H groups in total. The largest absolute Gasteiger partial charge is 0.356 e. The molecule has 1 unspecified atom stereocenters. The Morgan fingerprint density at radius 2 is 1.81 bits per heavy atom. The second kappa shape index (κ2) is 11.5. The molecule has 0 amide bonds. The van der Waals surface area contributed by atoms with Crippen molar-refractivity contribution in [2.45, 2.75) is 43.8 Å². The Morgan fingerprint density at radius 3 is 2.48 bits per heavy atom. The molecule has 5 nitrogen and oxygen atoms in total. The van der Waals surface area contributed by atoms with Gasteiger partial charge in [-0.05, 0) is 25.8 Å². The number of halogens is 1. The second-order valence-corrected chi connectivity index (χ2v) is 10.2. The lowest BCUT2D eigenvalue weighted by Gasteiger charge is -2.45. The minimum absolute atomic E-state index is 0. The van der Waals surface area contributed by atoms with Gasteiger partial charge in [0.05, 0.1) is 0 Å². The van der Waals surface area contributed by atoms with Crippen LogP contribution in [0.3, 0.4) is 0 Å². The summed E-state index contributed by atoms with van der Waals surface area (Å²) in [5.74, 6) is 3.02. The Hall–Kier alpha value is 0.270. The van der Waals surface area contributed by atoms with Gasteiger partial charge in [-0.2, -0.15) is 11.8 Å². The highest BCUT2D eigenvalue weighted by Gasteiger charge is 2.38. The highest BCUT2D eigenvalue weighted by atomic mass is 127. The quantitative estimate of drug-likeness (QED) is 0.358. The average molecular weight is 510 g/mol. The van der Waals surface area contributed by atoms with Crippen molar-refractivity contribution in [1.82, 2.24) is 20.0 Å². The van der Waals surface area contributed by atoms with E-state index < -0.39 is 0 Å². The average Bonchev–Trinajstić information content (AvgIpc) is 2.65. The molecule has 158 valence electrons. The number of aliphatic imine (C=N–C) groups is 1. The van der Waals surface area contributed by atoms with Gasteiger partial charge in [-0.1, -0.05) is 26.2 Å².